The number of carbonyl (C=O) groups excluding carboxylic acids is 1. The number of hydrogen-bond donors (Lipinski definition) is 2. The zero-order chi connectivity index (χ0) is 21.9. The molecule has 2 aromatic rings. The van der Waals surface area contributed by atoms with E-state index in [1.165, 1.54) is 12.1 Å². The van der Waals surface area contributed by atoms with Gasteiger partial charge in [0.05, 0.1) is 17.7 Å². The highest BCUT2D eigenvalue weighted by molar-refractivity contribution is 5.83. The number of amides is 1. The second kappa shape index (κ2) is 8.49. The van der Waals surface area contributed by atoms with Crippen molar-refractivity contribution in [2.45, 2.75) is 56.3 Å². The lowest BCUT2D eigenvalue weighted by molar-refractivity contribution is -0.137. The molecule has 0 unspecified atom stereocenters. The van der Waals surface area contributed by atoms with Crippen LogP contribution in [0.2, 0.25) is 0 Å². The molecule has 1 saturated carbocycles. The Balaban J connectivity index is 1.68. The van der Waals surface area contributed by atoms with Crippen molar-refractivity contribution in [1.29, 1.82) is 5.26 Å². The number of nitrogens with zero attached hydrogens (tertiary/aromatic N) is 1. The van der Waals surface area contributed by atoms with Gasteiger partial charge >= 0.3 is 6.18 Å². The van der Waals surface area contributed by atoms with Crippen molar-refractivity contribution in [3.8, 4) is 17.2 Å². The summed E-state index contributed by atoms with van der Waals surface area (Å²) in [7, 11) is 0. The van der Waals surface area contributed by atoms with Gasteiger partial charge in [0.25, 0.3) is 0 Å². The number of rotatable bonds is 7. The van der Waals surface area contributed by atoms with E-state index in [1.54, 1.807) is 0 Å². The van der Waals surface area contributed by atoms with Crippen LogP contribution in [0.25, 0.3) is 11.1 Å². The van der Waals surface area contributed by atoms with Gasteiger partial charge in [-0.05, 0) is 41.7 Å². The van der Waals surface area contributed by atoms with Crippen LogP contribution in [0.15, 0.2) is 48.5 Å². The summed E-state index contributed by atoms with van der Waals surface area (Å²) in [6.45, 7) is 2.02. The molecule has 1 fully saturated rings. The predicted molar refractivity (Wildman–Crippen MR) is 108 cm³/mol. The Hall–Kier alpha value is -2.85. The molecule has 7 heteroatoms. The Kier molecular flexibility index (Phi) is 6.18. The van der Waals surface area contributed by atoms with Gasteiger partial charge in [-0.1, -0.05) is 56.2 Å². The molecule has 30 heavy (non-hydrogen) atoms. The van der Waals surface area contributed by atoms with Gasteiger partial charge in [-0.3, -0.25) is 4.79 Å². The largest absolute Gasteiger partial charge is 0.416 e. The summed E-state index contributed by atoms with van der Waals surface area (Å²) < 4.78 is 38.1. The number of halogens is 3. The average Bonchev–Trinajstić information content (AvgIpc) is 3.46. The molecule has 1 aliphatic carbocycles. The predicted octanol–water partition coefficient (Wildman–Crippen LogP) is 4.76. The van der Waals surface area contributed by atoms with E-state index in [-0.39, 0.29) is 11.8 Å². The van der Waals surface area contributed by atoms with Crippen molar-refractivity contribution >= 4 is 5.91 Å². The second-order valence-electron chi connectivity index (χ2n) is 7.77. The molecule has 0 aromatic heterocycles. The summed E-state index contributed by atoms with van der Waals surface area (Å²) in [5, 5.41) is 12.4. The standard InChI is InChI=1S/C23H24F3N3O/c1-2-3-4-20(28)21(30)29-22(14-27)13-19(22)17-7-5-15(6-8-17)16-9-11-18(12-10-16)23(24,25)26/h5-12,19-20H,2-4,13,28H2,1H3,(H,29,30)/t19-,20-,22+/m0/s1. The molecule has 0 radical (unpaired) electrons. The summed E-state index contributed by atoms with van der Waals surface area (Å²) in [4.78, 5) is 12.3. The van der Waals surface area contributed by atoms with E-state index < -0.39 is 23.3 Å². The number of alkyl halides is 3. The van der Waals surface area contributed by atoms with Crippen molar-refractivity contribution < 1.29 is 18.0 Å². The lowest BCUT2D eigenvalue weighted by Crippen LogP contribution is -2.46. The number of unbranched alkanes of at least 4 members (excludes halogenated alkanes) is 1. The maximum absolute atomic E-state index is 12.7. The van der Waals surface area contributed by atoms with E-state index in [4.69, 9.17) is 5.73 Å². The summed E-state index contributed by atoms with van der Waals surface area (Å²) in [6.07, 6.45) is -1.48. The third kappa shape index (κ3) is 4.65. The molecule has 1 amide bonds. The highest BCUT2D eigenvalue weighted by Crippen LogP contribution is 2.51. The normalized spacial score (nSPS) is 21.5. The van der Waals surface area contributed by atoms with E-state index in [9.17, 15) is 23.2 Å². The lowest BCUT2D eigenvalue weighted by Gasteiger charge is -2.16. The first kappa shape index (κ1) is 21.8. The molecule has 0 heterocycles. The van der Waals surface area contributed by atoms with Gasteiger partial charge in [-0.2, -0.15) is 18.4 Å². The molecule has 0 spiro atoms. The molecule has 3 rings (SSSR count). The fourth-order valence-corrected chi connectivity index (χ4v) is 3.58. The molecule has 158 valence electrons. The molecule has 0 aliphatic heterocycles. The highest BCUT2D eigenvalue weighted by Gasteiger charge is 2.57. The van der Waals surface area contributed by atoms with Crippen LogP contribution in [0.3, 0.4) is 0 Å². The minimum atomic E-state index is -4.36. The maximum atomic E-state index is 12.7. The molecule has 3 atom stereocenters. The fourth-order valence-electron chi connectivity index (χ4n) is 3.58. The minimum absolute atomic E-state index is 0.133. The van der Waals surface area contributed by atoms with Gasteiger partial charge in [0.15, 0.2) is 0 Å². The van der Waals surface area contributed by atoms with Crippen molar-refractivity contribution in [2.75, 3.05) is 0 Å². The first-order valence-electron chi connectivity index (χ1n) is 9.96. The summed E-state index contributed by atoms with van der Waals surface area (Å²) in [5.41, 5.74) is 6.62. The van der Waals surface area contributed by atoms with Gasteiger partial charge in [0.2, 0.25) is 5.91 Å². The maximum Gasteiger partial charge on any atom is 0.416 e. The lowest BCUT2D eigenvalue weighted by atomic mass is 9.99. The average molecular weight is 415 g/mol. The first-order chi connectivity index (χ1) is 14.2. The van der Waals surface area contributed by atoms with Crippen LogP contribution in [-0.2, 0) is 11.0 Å². The molecular weight excluding hydrogens is 391 g/mol. The molecule has 1 aliphatic rings. The van der Waals surface area contributed by atoms with Crippen LogP contribution in [0.5, 0.6) is 0 Å². The number of benzene rings is 2. The molecular formula is C23H24F3N3O. The van der Waals surface area contributed by atoms with Gasteiger partial charge in [0.1, 0.15) is 5.54 Å². The van der Waals surface area contributed by atoms with Crippen LogP contribution in [0.1, 0.15) is 49.7 Å². The van der Waals surface area contributed by atoms with Crippen molar-refractivity contribution in [1.82, 2.24) is 5.32 Å². The molecule has 0 saturated heterocycles. The van der Waals surface area contributed by atoms with E-state index in [0.29, 0.717) is 18.4 Å². The van der Waals surface area contributed by atoms with Gasteiger partial charge in [-0.15, -0.1) is 0 Å². The third-order valence-corrected chi connectivity index (χ3v) is 5.57. The summed E-state index contributed by atoms with van der Waals surface area (Å²) >= 11 is 0. The fraction of sp³-hybridized carbons (Fsp3) is 0.391. The van der Waals surface area contributed by atoms with Gasteiger partial charge < -0.3 is 11.1 Å². The van der Waals surface area contributed by atoms with E-state index >= 15 is 0 Å². The number of nitrogens with two attached hydrogens (primary N) is 1. The molecule has 0 bridgehead atoms. The number of nitrogens with one attached hydrogen (secondary N) is 1. The van der Waals surface area contributed by atoms with Crippen LogP contribution in [0.4, 0.5) is 13.2 Å². The van der Waals surface area contributed by atoms with E-state index in [1.807, 2.05) is 31.2 Å². The summed E-state index contributed by atoms with van der Waals surface area (Å²) in [6, 6.07) is 13.9. The topological polar surface area (TPSA) is 78.9 Å². The van der Waals surface area contributed by atoms with E-state index in [0.717, 1.165) is 36.1 Å². The molecule has 2 aromatic carbocycles. The number of hydrogen-bond acceptors (Lipinski definition) is 3. The van der Waals surface area contributed by atoms with Crippen LogP contribution in [0, 0.1) is 11.3 Å². The highest BCUT2D eigenvalue weighted by atomic mass is 19.4. The van der Waals surface area contributed by atoms with Crippen LogP contribution < -0.4 is 11.1 Å². The Bertz CT molecular complexity index is 932. The van der Waals surface area contributed by atoms with Crippen LogP contribution in [-0.4, -0.2) is 17.5 Å². The zero-order valence-electron chi connectivity index (χ0n) is 16.7. The van der Waals surface area contributed by atoms with Gasteiger partial charge in [0, 0.05) is 5.92 Å². The van der Waals surface area contributed by atoms with Crippen molar-refractivity contribution in [2.24, 2.45) is 5.73 Å². The third-order valence-electron chi connectivity index (χ3n) is 5.57. The quantitative estimate of drug-likeness (QED) is 0.685. The number of carbonyl (C=O) groups is 1. The molecule has 4 nitrogen and oxygen atoms in total. The van der Waals surface area contributed by atoms with Gasteiger partial charge in [-0.25, -0.2) is 0 Å². The molecule has 3 N–H and O–H groups in total. The van der Waals surface area contributed by atoms with Crippen molar-refractivity contribution in [3.63, 3.8) is 0 Å². The second-order valence-corrected chi connectivity index (χ2v) is 7.77. The SMILES string of the molecule is CCCC[C@H](N)C(=O)N[C@@]1(C#N)C[C@H]1c1ccc(-c2ccc(C(F)(F)F)cc2)cc1. The first-order valence-corrected chi connectivity index (χ1v) is 9.96. The smallest absolute Gasteiger partial charge is 0.336 e. The Morgan fingerprint density at radius 2 is 1.77 bits per heavy atom. The summed E-state index contributed by atoms with van der Waals surface area (Å²) in [5.74, 6) is -0.444. The van der Waals surface area contributed by atoms with Crippen molar-refractivity contribution in [3.05, 3.63) is 59.7 Å². The minimum Gasteiger partial charge on any atom is -0.336 e. The Morgan fingerprint density at radius 3 is 2.27 bits per heavy atom. The van der Waals surface area contributed by atoms with E-state index in [2.05, 4.69) is 11.4 Å². The Labute approximate surface area is 173 Å². The zero-order valence-corrected chi connectivity index (χ0v) is 16.7. The monoisotopic (exact) mass is 415 g/mol. The number of nitriles is 1. The van der Waals surface area contributed by atoms with Crippen LogP contribution >= 0.6 is 0 Å². The Morgan fingerprint density at radius 1 is 1.20 bits per heavy atom.